The zero-order valence-electron chi connectivity index (χ0n) is 40.6. The van der Waals surface area contributed by atoms with Gasteiger partial charge >= 0.3 is 0 Å². The van der Waals surface area contributed by atoms with Crippen LogP contribution in [0.4, 0.5) is 8.78 Å². The lowest BCUT2D eigenvalue weighted by atomic mass is 9.97. The summed E-state index contributed by atoms with van der Waals surface area (Å²) in [4.78, 5) is 25.7. The van der Waals surface area contributed by atoms with Gasteiger partial charge in [-0.3, -0.25) is 18.7 Å². The Balaban J connectivity index is 0.000000209. The highest BCUT2D eigenvalue weighted by atomic mass is 79.9. The van der Waals surface area contributed by atoms with Gasteiger partial charge in [-0.05, 0) is 113 Å². The predicted molar refractivity (Wildman–Crippen MR) is 298 cm³/mol. The number of aromatic nitrogens is 4. The Labute approximate surface area is 450 Å². The van der Waals surface area contributed by atoms with Gasteiger partial charge in [0.1, 0.15) is 47.2 Å². The van der Waals surface area contributed by atoms with Crippen molar-refractivity contribution in [3.8, 4) is 22.9 Å². The number of benzene rings is 4. The van der Waals surface area contributed by atoms with Crippen LogP contribution in [0.5, 0.6) is 11.5 Å². The van der Waals surface area contributed by atoms with Crippen LogP contribution in [-0.4, -0.2) is 55.8 Å². The quantitative estimate of drug-likeness (QED) is 0.0788. The second kappa shape index (κ2) is 25.6. The lowest BCUT2D eigenvalue weighted by molar-refractivity contribution is 0.409. The summed E-state index contributed by atoms with van der Waals surface area (Å²) in [6.07, 6.45) is 13.6. The minimum absolute atomic E-state index is 0. The zero-order chi connectivity index (χ0) is 51.2. The van der Waals surface area contributed by atoms with E-state index in [1.807, 2.05) is 0 Å². The standard InChI is InChI=1S/C26H25FN2O5S.C20H14BrFN2O5S.C6H11Br.2H3P/c1-33-25-14-19(12-17-4-2-3-5-17)22(27)15-24(25)29-23-8-7-21(13-18(23)6-9-26(29)30)35(31,32)16-20-10-11-34-28-20;1-28-19-9-15(21)16(22)10-18(19)24-17-4-3-14(8-12(17)2-5-20(24)25)30(26,27)11-13-6-7-29-23-13;7-5-6-3-1-2-4-6;;/h6-11,13-15,17H,2-5,12,16H2,1H3;2-10H,11H2,1H3;6H,1-5H2;2*1H3. The molecule has 0 radical (unpaired) electrons. The topological polar surface area (TPSA) is 183 Å². The van der Waals surface area contributed by atoms with Crippen molar-refractivity contribution in [3.05, 3.63) is 163 Å². The molecular weight excluding hydrogens is 1160 g/mol. The number of hydrogen-bond donors (Lipinski definition) is 0. The molecule has 2 unspecified atom stereocenters. The third-order valence-electron chi connectivity index (χ3n) is 12.8. The molecular formula is C52H56Br2F2N4O10P2S2. The summed E-state index contributed by atoms with van der Waals surface area (Å²) >= 11 is 6.57. The van der Waals surface area contributed by atoms with Gasteiger partial charge in [0.15, 0.2) is 19.7 Å². The molecule has 0 amide bonds. The Morgan fingerprint density at radius 3 is 1.47 bits per heavy atom. The van der Waals surface area contributed by atoms with Crippen LogP contribution in [0.25, 0.3) is 33.2 Å². The zero-order valence-corrected chi connectivity index (χ0v) is 48.3. The molecule has 0 aliphatic heterocycles. The van der Waals surface area contributed by atoms with E-state index in [9.17, 15) is 30.8 Å². The van der Waals surface area contributed by atoms with Crippen molar-refractivity contribution in [1.82, 2.24) is 19.4 Å². The second-order valence-electron chi connectivity index (χ2n) is 17.7. The minimum atomic E-state index is -3.69. The smallest absolute Gasteiger partial charge is 0.255 e. The van der Waals surface area contributed by atoms with Crippen molar-refractivity contribution in [2.45, 2.75) is 79.1 Å². The molecule has 4 heterocycles. The van der Waals surface area contributed by atoms with Crippen LogP contribution >= 0.6 is 51.7 Å². The highest BCUT2D eigenvalue weighted by Crippen LogP contribution is 2.35. The van der Waals surface area contributed by atoms with E-state index < -0.39 is 31.1 Å². The lowest BCUT2D eigenvalue weighted by Gasteiger charge is -2.17. The van der Waals surface area contributed by atoms with Crippen molar-refractivity contribution in [1.29, 1.82) is 0 Å². The summed E-state index contributed by atoms with van der Waals surface area (Å²) < 4.78 is 104. The molecule has 2 fully saturated rings. The van der Waals surface area contributed by atoms with E-state index in [4.69, 9.17) is 14.0 Å². The minimum Gasteiger partial charge on any atom is -0.495 e. The van der Waals surface area contributed by atoms with Crippen LogP contribution in [-0.2, 0) is 37.6 Å². The SMILES string of the molecule is BrCC1CCCC1.COc1cc(Br)c(F)cc1-n1c(=O)ccc2cc(S(=O)(=O)Cc3ccon3)ccc21.COc1cc(CC2CCCC2)c(F)cc1-n1c(=O)ccc2cc(S(=O)(=O)Cc3ccon3)ccc21.P.P. The van der Waals surface area contributed by atoms with Crippen LogP contribution in [0, 0.1) is 23.5 Å². The van der Waals surface area contributed by atoms with Crippen molar-refractivity contribution in [3.63, 3.8) is 0 Å². The van der Waals surface area contributed by atoms with Crippen LogP contribution < -0.4 is 20.6 Å². The first-order chi connectivity index (χ1) is 34.6. The summed E-state index contributed by atoms with van der Waals surface area (Å²) in [5.74, 6) is 0.552. The van der Waals surface area contributed by atoms with Gasteiger partial charge in [0.25, 0.3) is 11.1 Å². The molecule has 0 spiro atoms. The van der Waals surface area contributed by atoms with Crippen LogP contribution in [0.2, 0.25) is 0 Å². The van der Waals surface area contributed by atoms with Gasteiger partial charge in [-0.2, -0.15) is 19.8 Å². The molecule has 2 aliphatic rings. The maximum atomic E-state index is 15.2. The van der Waals surface area contributed by atoms with Crippen molar-refractivity contribution < 1.29 is 44.1 Å². The fourth-order valence-electron chi connectivity index (χ4n) is 9.14. The molecule has 4 aromatic heterocycles. The molecule has 2 saturated carbocycles. The molecule has 0 N–H and O–H groups in total. The van der Waals surface area contributed by atoms with E-state index in [2.05, 4.69) is 46.7 Å². The first-order valence-corrected chi connectivity index (χ1v) is 28.3. The number of hydrogen-bond acceptors (Lipinski definition) is 12. The summed E-state index contributed by atoms with van der Waals surface area (Å²) in [6.45, 7) is 0. The number of halogens is 4. The maximum absolute atomic E-state index is 15.2. The predicted octanol–water partition coefficient (Wildman–Crippen LogP) is 11.4. The first kappa shape index (κ1) is 58.2. The molecule has 10 rings (SSSR count). The highest BCUT2D eigenvalue weighted by Gasteiger charge is 2.24. The van der Waals surface area contributed by atoms with Gasteiger partial charge in [-0.15, -0.1) is 0 Å². The molecule has 8 aromatic rings. The highest BCUT2D eigenvalue weighted by molar-refractivity contribution is 9.10. The van der Waals surface area contributed by atoms with Crippen LogP contribution in [0.1, 0.15) is 68.3 Å². The Kier molecular flexibility index (Phi) is 20.1. The van der Waals surface area contributed by atoms with E-state index in [1.54, 1.807) is 18.2 Å². The third kappa shape index (κ3) is 13.5. The number of rotatable bonds is 13. The lowest BCUT2D eigenvalue weighted by Crippen LogP contribution is -2.19. The summed E-state index contributed by atoms with van der Waals surface area (Å²) in [6, 6.07) is 23.1. The number of ether oxygens (including phenoxy) is 2. The maximum Gasteiger partial charge on any atom is 0.255 e. The van der Waals surface area contributed by atoms with Gasteiger partial charge < -0.3 is 18.5 Å². The summed E-state index contributed by atoms with van der Waals surface area (Å²) in [5.41, 5.74) is 1.69. The molecule has 4 aromatic carbocycles. The summed E-state index contributed by atoms with van der Waals surface area (Å²) in [5, 5.41) is 9.54. The number of fused-ring (bicyclic) bond motifs is 2. The van der Waals surface area contributed by atoms with Gasteiger partial charge in [0.2, 0.25) is 0 Å². The van der Waals surface area contributed by atoms with Gasteiger partial charge in [-0.1, -0.05) is 64.8 Å². The van der Waals surface area contributed by atoms with Crippen LogP contribution in [0.15, 0.2) is 142 Å². The number of sulfone groups is 2. The van der Waals surface area contributed by atoms with Crippen molar-refractivity contribution >= 4 is 93.1 Å². The average Bonchev–Trinajstić information content (AvgIpc) is 4.24. The van der Waals surface area contributed by atoms with Gasteiger partial charge in [0.05, 0.1) is 62.3 Å². The van der Waals surface area contributed by atoms with E-state index in [0.717, 1.165) is 18.8 Å². The average molecular weight is 1220 g/mol. The normalized spacial score (nSPS) is 13.9. The Morgan fingerprint density at radius 1 is 0.608 bits per heavy atom. The van der Waals surface area contributed by atoms with Gasteiger partial charge in [-0.25, -0.2) is 25.6 Å². The Morgan fingerprint density at radius 2 is 1.05 bits per heavy atom. The van der Waals surface area contributed by atoms with E-state index in [1.165, 1.54) is 159 Å². The Bertz CT molecular complexity index is 3570. The first-order valence-electron chi connectivity index (χ1n) is 23.1. The van der Waals surface area contributed by atoms with Crippen molar-refractivity contribution in [2.75, 3.05) is 19.5 Å². The largest absolute Gasteiger partial charge is 0.495 e. The molecule has 0 bridgehead atoms. The van der Waals surface area contributed by atoms with E-state index >= 15 is 4.39 Å². The Hall–Kier alpha value is -5.10. The number of pyridine rings is 2. The van der Waals surface area contributed by atoms with E-state index in [-0.39, 0.29) is 79.8 Å². The molecule has 2 aliphatic carbocycles. The monoisotopic (exact) mass is 1220 g/mol. The fraction of sp³-hybridized carbons (Fsp3) is 0.308. The van der Waals surface area contributed by atoms with Gasteiger partial charge in [0, 0.05) is 52.5 Å². The number of nitrogens with zero attached hydrogens (tertiary/aromatic N) is 4. The van der Waals surface area contributed by atoms with Crippen molar-refractivity contribution in [2.24, 2.45) is 11.8 Å². The molecule has 2 atom stereocenters. The van der Waals surface area contributed by atoms with Crippen LogP contribution in [0.3, 0.4) is 0 Å². The number of alkyl halides is 1. The molecule has 22 heteroatoms. The molecule has 74 heavy (non-hydrogen) atoms. The molecule has 394 valence electrons. The number of methoxy groups -OCH3 is 2. The fourth-order valence-corrected chi connectivity index (χ4v) is 12.7. The van der Waals surface area contributed by atoms with E-state index in [0.29, 0.717) is 51.2 Å². The summed E-state index contributed by atoms with van der Waals surface area (Å²) in [7, 11) is -4.48. The molecule has 0 saturated heterocycles. The second-order valence-corrected chi connectivity index (χ2v) is 23.1. The third-order valence-corrected chi connectivity index (χ3v) is 17.7. The molecule has 14 nitrogen and oxygen atoms in total.